The summed E-state index contributed by atoms with van der Waals surface area (Å²) in [5.41, 5.74) is 1.23. The molecule has 1 fully saturated rings. The van der Waals surface area contributed by atoms with Gasteiger partial charge in [-0.3, -0.25) is 19.3 Å². The summed E-state index contributed by atoms with van der Waals surface area (Å²) in [6.45, 7) is -0.392. The second-order valence-electron chi connectivity index (χ2n) is 6.53. The van der Waals surface area contributed by atoms with Gasteiger partial charge < -0.3 is 9.73 Å². The van der Waals surface area contributed by atoms with Crippen molar-refractivity contribution >= 4 is 56.5 Å². The molecule has 6 nitrogen and oxygen atoms in total. The highest BCUT2D eigenvalue weighted by Gasteiger charge is 2.36. The van der Waals surface area contributed by atoms with Crippen molar-refractivity contribution in [2.24, 2.45) is 0 Å². The lowest BCUT2D eigenvalue weighted by atomic mass is 10.2. The van der Waals surface area contributed by atoms with Crippen LogP contribution in [0.4, 0.5) is 14.9 Å². The van der Waals surface area contributed by atoms with Crippen LogP contribution in [-0.2, 0) is 9.59 Å². The molecule has 2 aromatic carbocycles. The summed E-state index contributed by atoms with van der Waals surface area (Å²) in [6, 6.07) is 16.1. The average Bonchev–Trinajstić information content (AvgIpc) is 3.31. The molecule has 0 aliphatic carbocycles. The molecule has 1 aromatic heterocycles. The molecule has 0 spiro atoms. The number of carbonyl (C=O) groups excluding carboxylic acids is 3. The monoisotopic (exact) mass is 500 g/mol. The van der Waals surface area contributed by atoms with Crippen molar-refractivity contribution in [2.45, 2.75) is 0 Å². The topological polar surface area (TPSA) is 79.6 Å². The van der Waals surface area contributed by atoms with Crippen LogP contribution in [0.15, 0.2) is 74.5 Å². The Morgan fingerprint density at radius 3 is 2.48 bits per heavy atom. The normalized spacial score (nSPS) is 15.0. The Labute approximate surface area is 189 Å². The van der Waals surface area contributed by atoms with Gasteiger partial charge in [0.1, 0.15) is 23.9 Å². The van der Waals surface area contributed by atoms with Gasteiger partial charge in [0.05, 0.1) is 4.91 Å². The summed E-state index contributed by atoms with van der Waals surface area (Å²) in [5, 5.41) is 2.11. The van der Waals surface area contributed by atoms with Gasteiger partial charge in [-0.25, -0.2) is 4.39 Å². The van der Waals surface area contributed by atoms with E-state index in [0.29, 0.717) is 22.8 Å². The van der Waals surface area contributed by atoms with Crippen molar-refractivity contribution in [2.75, 3.05) is 11.9 Å². The summed E-state index contributed by atoms with van der Waals surface area (Å²) >= 11 is 4.04. The molecular weight excluding hydrogens is 487 g/mol. The number of halogens is 2. The number of nitrogens with one attached hydrogen (secondary N) is 1. The molecule has 0 bridgehead atoms. The predicted octanol–water partition coefficient (Wildman–Crippen LogP) is 5.52. The molecule has 9 heteroatoms. The highest BCUT2D eigenvalue weighted by Crippen LogP contribution is 2.33. The number of carbonyl (C=O) groups is 3. The van der Waals surface area contributed by atoms with Crippen molar-refractivity contribution in [3.8, 4) is 11.3 Å². The Bertz CT molecular complexity index is 1190. The fraction of sp³-hybridized carbons (Fsp3) is 0.0455. The molecule has 1 aliphatic rings. The van der Waals surface area contributed by atoms with Crippen LogP contribution in [0.1, 0.15) is 5.76 Å². The second-order valence-corrected chi connectivity index (χ2v) is 8.44. The molecule has 0 radical (unpaired) electrons. The zero-order valence-corrected chi connectivity index (χ0v) is 18.2. The van der Waals surface area contributed by atoms with Gasteiger partial charge in [-0.15, -0.1) is 0 Å². The summed E-state index contributed by atoms with van der Waals surface area (Å²) in [4.78, 5) is 38.2. The van der Waals surface area contributed by atoms with Gasteiger partial charge in [0, 0.05) is 21.8 Å². The van der Waals surface area contributed by atoms with Crippen molar-refractivity contribution in [3.63, 3.8) is 0 Å². The quantitative estimate of drug-likeness (QED) is 0.466. The lowest BCUT2D eigenvalue weighted by Gasteiger charge is -2.12. The minimum absolute atomic E-state index is 0.154. The molecule has 31 heavy (non-hydrogen) atoms. The lowest BCUT2D eigenvalue weighted by Crippen LogP contribution is -2.36. The number of benzene rings is 2. The third-order valence-electron chi connectivity index (χ3n) is 4.33. The first kappa shape index (κ1) is 21.1. The maximum absolute atomic E-state index is 13.1. The molecule has 4 rings (SSSR count). The van der Waals surface area contributed by atoms with E-state index in [-0.39, 0.29) is 10.7 Å². The molecule has 3 aromatic rings. The van der Waals surface area contributed by atoms with Gasteiger partial charge in [0.15, 0.2) is 0 Å². The number of hydrogen-bond donors (Lipinski definition) is 1. The summed E-state index contributed by atoms with van der Waals surface area (Å²) < 4.78 is 19.6. The highest BCUT2D eigenvalue weighted by molar-refractivity contribution is 9.10. The molecule has 3 amide bonds. The number of rotatable bonds is 5. The predicted molar refractivity (Wildman–Crippen MR) is 120 cm³/mol. The number of nitrogens with zero attached hydrogens (tertiary/aromatic N) is 1. The Hall–Kier alpha value is -3.17. The molecule has 0 atom stereocenters. The SMILES string of the molecule is O=C(CN1C(=O)S/C(=C\c2ccc(-c3ccc(F)cc3)o2)C1=O)Nc1ccc(Br)cc1. The zero-order chi connectivity index (χ0) is 22.0. The van der Waals surface area contributed by atoms with Crippen LogP contribution >= 0.6 is 27.7 Å². The number of anilines is 1. The van der Waals surface area contributed by atoms with E-state index in [2.05, 4.69) is 21.2 Å². The summed E-state index contributed by atoms with van der Waals surface area (Å²) in [6.07, 6.45) is 1.45. The fourth-order valence-corrected chi connectivity index (χ4v) is 3.93. The molecule has 0 saturated carbocycles. The maximum Gasteiger partial charge on any atom is 0.294 e. The number of furan rings is 1. The maximum atomic E-state index is 13.1. The van der Waals surface area contributed by atoms with Crippen molar-refractivity contribution < 1.29 is 23.2 Å². The second kappa shape index (κ2) is 8.91. The van der Waals surface area contributed by atoms with Crippen LogP contribution in [-0.4, -0.2) is 28.5 Å². The van der Waals surface area contributed by atoms with E-state index in [1.54, 1.807) is 48.5 Å². The number of hydrogen-bond acceptors (Lipinski definition) is 5. The van der Waals surface area contributed by atoms with Gasteiger partial charge in [-0.2, -0.15) is 0 Å². The number of imide groups is 1. The largest absolute Gasteiger partial charge is 0.457 e. The van der Waals surface area contributed by atoms with Gasteiger partial charge >= 0.3 is 0 Å². The molecule has 1 N–H and O–H groups in total. The van der Waals surface area contributed by atoms with Gasteiger partial charge in [-0.1, -0.05) is 15.9 Å². The number of thioether (sulfide) groups is 1. The van der Waals surface area contributed by atoms with E-state index in [9.17, 15) is 18.8 Å². The molecule has 156 valence electrons. The molecule has 1 saturated heterocycles. The van der Waals surface area contributed by atoms with Gasteiger partial charge in [-0.05, 0) is 72.4 Å². The van der Waals surface area contributed by atoms with Crippen molar-refractivity contribution in [1.29, 1.82) is 0 Å². The van der Waals surface area contributed by atoms with Crippen LogP contribution in [0.25, 0.3) is 17.4 Å². The Morgan fingerprint density at radius 1 is 1.06 bits per heavy atom. The Kier molecular flexibility index (Phi) is 6.06. The number of amides is 3. The van der Waals surface area contributed by atoms with Gasteiger partial charge in [0.25, 0.3) is 11.1 Å². The van der Waals surface area contributed by atoms with E-state index in [1.807, 2.05) is 0 Å². The molecule has 1 aliphatic heterocycles. The van der Waals surface area contributed by atoms with E-state index in [1.165, 1.54) is 18.2 Å². The molecular formula is C22H14BrFN2O4S. The highest BCUT2D eigenvalue weighted by atomic mass is 79.9. The van der Waals surface area contributed by atoms with Crippen molar-refractivity contribution in [1.82, 2.24) is 4.90 Å². The van der Waals surface area contributed by atoms with Crippen molar-refractivity contribution in [3.05, 3.63) is 81.6 Å². The Morgan fingerprint density at radius 2 is 1.77 bits per heavy atom. The van der Waals surface area contributed by atoms with Crippen LogP contribution in [0.3, 0.4) is 0 Å². The van der Waals surface area contributed by atoms with E-state index < -0.39 is 23.6 Å². The standard InChI is InChI=1S/C22H14BrFN2O4S/c23-14-3-7-16(8-4-14)25-20(27)12-26-21(28)19(31-22(26)29)11-17-9-10-18(30-17)13-1-5-15(24)6-2-13/h1-11H,12H2,(H,25,27)/b19-11-. The summed E-state index contributed by atoms with van der Waals surface area (Å²) in [5.74, 6) is -0.542. The van der Waals surface area contributed by atoms with Crippen LogP contribution in [0.5, 0.6) is 0 Å². The first-order valence-corrected chi connectivity index (χ1v) is 10.7. The third-order valence-corrected chi connectivity index (χ3v) is 5.77. The lowest BCUT2D eigenvalue weighted by molar-refractivity contribution is -0.127. The van der Waals surface area contributed by atoms with Crippen LogP contribution in [0.2, 0.25) is 0 Å². The zero-order valence-electron chi connectivity index (χ0n) is 15.8. The smallest absolute Gasteiger partial charge is 0.294 e. The first-order valence-electron chi connectivity index (χ1n) is 9.05. The van der Waals surface area contributed by atoms with E-state index in [0.717, 1.165) is 21.1 Å². The van der Waals surface area contributed by atoms with Crippen LogP contribution < -0.4 is 5.32 Å². The van der Waals surface area contributed by atoms with Gasteiger partial charge in [0.2, 0.25) is 5.91 Å². The average molecular weight is 501 g/mol. The minimum Gasteiger partial charge on any atom is -0.457 e. The first-order chi connectivity index (χ1) is 14.9. The Balaban J connectivity index is 1.44. The molecule has 2 heterocycles. The molecule has 0 unspecified atom stereocenters. The minimum atomic E-state index is -0.569. The summed E-state index contributed by atoms with van der Waals surface area (Å²) in [7, 11) is 0. The third kappa shape index (κ3) is 4.95. The fourth-order valence-electron chi connectivity index (χ4n) is 2.84. The van der Waals surface area contributed by atoms with E-state index >= 15 is 0 Å². The van der Waals surface area contributed by atoms with E-state index in [4.69, 9.17) is 4.42 Å². The van der Waals surface area contributed by atoms with Crippen LogP contribution in [0, 0.1) is 5.82 Å².